The second-order valence-electron chi connectivity index (χ2n) is 7.30. The Kier molecular flexibility index (Phi) is 10.0. The Morgan fingerprint density at radius 1 is 1.22 bits per heavy atom. The van der Waals surface area contributed by atoms with Gasteiger partial charge in [-0.05, 0) is 5.53 Å². The predicted octanol–water partition coefficient (Wildman–Crippen LogP) is -3.48. The number of aliphatic hydroxyl groups excluding tert-OH is 4. The molecular weight excluding hydrogens is 434 g/mol. The van der Waals surface area contributed by atoms with Crippen LogP contribution in [0.2, 0.25) is 0 Å². The van der Waals surface area contributed by atoms with Crippen LogP contribution < -0.4 is 10.6 Å². The summed E-state index contributed by atoms with van der Waals surface area (Å²) in [6.07, 6.45) is -11.2. The van der Waals surface area contributed by atoms with Gasteiger partial charge in [0, 0.05) is 32.0 Å². The molecule has 4 unspecified atom stereocenters. The first-order chi connectivity index (χ1) is 15.2. The third kappa shape index (κ3) is 6.25. The van der Waals surface area contributed by atoms with E-state index >= 15 is 0 Å². The summed E-state index contributed by atoms with van der Waals surface area (Å²) in [5, 5.41) is 49.2. The van der Waals surface area contributed by atoms with E-state index < -0.39 is 73.5 Å². The van der Waals surface area contributed by atoms with Crippen LogP contribution >= 0.6 is 0 Å². The van der Waals surface area contributed by atoms with Crippen LogP contribution in [0.4, 0.5) is 0 Å². The van der Waals surface area contributed by atoms with Crippen molar-refractivity contribution in [3.8, 4) is 0 Å². The van der Waals surface area contributed by atoms with Gasteiger partial charge >= 0.3 is 0 Å². The smallest absolute Gasteiger partial charge is 0.252 e. The first-order valence-corrected chi connectivity index (χ1v) is 9.91. The molecule has 32 heavy (non-hydrogen) atoms. The monoisotopic (exact) mass is 463 g/mol. The molecular formula is C17H29N5O10. The summed E-state index contributed by atoms with van der Waals surface area (Å²) in [7, 11) is 1.21. The van der Waals surface area contributed by atoms with Crippen molar-refractivity contribution in [1.29, 1.82) is 0 Å². The zero-order valence-electron chi connectivity index (χ0n) is 17.6. The van der Waals surface area contributed by atoms with E-state index in [0.717, 1.165) is 0 Å². The molecule has 6 N–H and O–H groups in total. The van der Waals surface area contributed by atoms with Crippen molar-refractivity contribution >= 4 is 11.8 Å². The van der Waals surface area contributed by atoms with Crippen LogP contribution in [0.1, 0.15) is 6.92 Å². The first kappa shape index (κ1) is 26.2. The van der Waals surface area contributed by atoms with Crippen LogP contribution in [0.5, 0.6) is 0 Å². The first-order valence-electron chi connectivity index (χ1n) is 9.91. The molecule has 2 rings (SSSR count). The number of aliphatic hydroxyl groups is 4. The number of nitrogens with zero attached hydrogens (tertiary/aromatic N) is 3. The highest BCUT2D eigenvalue weighted by atomic mass is 16.7. The van der Waals surface area contributed by atoms with E-state index in [1.54, 1.807) is 0 Å². The number of carbonyl (C=O) groups is 2. The lowest BCUT2D eigenvalue weighted by Crippen LogP contribution is -2.66. The molecule has 15 nitrogen and oxygen atoms in total. The Labute approximate surface area is 183 Å². The quantitative estimate of drug-likeness (QED) is 0.0856. The summed E-state index contributed by atoms with van der Waals surface area (Å²) >= 11 is 0. The summed E-state index contributed by atoms with van der Waals surface area (Å²) in [5.41, 5.74) is 8.30. The largest absolute Gasteiger partial charge is 0.394 e. The number of hydrogen-bond donors (Lipinski definition) is 6. The van der Waals surface area contributed by atoms with Gasteiger partial charge < -0.3 is 50.0 Å². The Morgan fingerprint density at radius 2 is 1.94 bits per heavy atom. The van der Waals surface area contributed by atoms with Gasteiger partial charge in [-0.2, -0.15) is 0 Å². The fourth-order valence-electron chi connectivity index (χ4n) is 3.54. The number of azide groups is 1. The summed E-state index contributed by atoms with van der Waals surface area (Å²) < 4.78 is 21.7. The minimum absolute atomic E-state index is 0.00910. The van der Waals surface area contributed by atoms with E-state index in [1.165, 1.54) is 14.0 Å². The normalized spacial score (nSPS) is 37.2. The van der Waals surface area contributed by atoms with Gasteiger partial charge in [-0.25, -0.2) is 0 Å². The van der Waals surface area contributed by atoms with Crippen LogP contribution in [0, 0.1) is 0 Å². The van der Waals surface area contributed by atoms with E-state index in [4.69, 9.17) is 24.5 Å². The maximum Gasteiger partial charge on any atom is 0.252 e. The number of hydrogen-bond acceptors (Lipinski definition) is 11. The lowest BCUT2D eigenvalue weighted by atomic mass is 9.96. The molecule has 9 atom stereocenters. The van der Waals surface area contributed by atoms with Crippen molar-refractivity contribution in [1.82, 2.24) is 10.6 Å². The Balaban J connectivity index is 2.18. The van der Waals surface area contributed by atoms with Gasteiger partial charge in [0.25, 0.3) is 5.91 Å². The summed E-state index contributed by atoms with van der Waals surface area (Å²) in [5.74, 6) is -1.16. The van der Waals surface area contributed by atoms with Crippen molar-refractivity contribution in [2.24, 2.45) is 5.11 Å². The van der Waals surface area contributed by atoms with Crippen molar-refractivity contribution < 1.29 is 49.0 Å². The third-order valence-corrected chi connectivity index (χ3v) is 5.11. The maximum absolute atomic E-state index is 12.5. The van der Waals surface area contributed by atoms with Crippen LogP contribution in [-0.2, 0) is 28.5 Å². The van der Waals surface area contributed by atoms with Crippen molar-refractivity contribution in [2.75, 3.05) is 33.4 Å². The summed E-state index contributed by atoms with van der Waals surface area (Å²) in [6.45, 7) is 0.573. The highest BCUT2D eigenvalue weighted by molar-refractivity contribution is 5.81. The molecule has 0 saturated carbocycles. The minimum atomic E-state index is -1.67. The molecule has 2 aliphatic heterocycles. The molecule has 0 aliphatic carbocycles. The maximum atomic E-state index is 12.5. The highest BCUT2D eigenvalue weighted by Gasteiger charge is 2.51. The van der Waals surface area contributed by atoms with Gasteiger partial charge in [0.2, 0.25) is 5.91 Å². The van der Waals surface area contributed by atoms with Gasteiger partial charge in [0.15, 0.2) is 12.4 Å². The number of rotatable bonds is 9. The number of nitrogens with one attached hydrogen (secondary N) is 2. The van der Waals surface area contributed by atoms with Crippen LogP contribution in [0.3, 0.4) is 0 Å². The number of carbonyl (C=O) groups excluding carboxylic acids is 2. The second-order valence-corrected chi connectivity index (χ2v) is 7.30. The van der Waals surface area contributed by atoms with E-state index in [9.17, 15) is 30.0 Å². The van der Waals surface area contributed by atoms with Gasteiger partial charge in [-0.3, -0.25) is 9.59 Å². The average Bonchev–Trinajstić information content (AvgIpc) is 2.76. The molecule has 0 aromatic carbocycles. The zero-order valence-corrected chi connectivity index (χ0v) is 17.6. The van der Waals surface area contributed by atoms with Crippen LogP contribution in [0.25, 0.3) is 10.4 Å². The van der Waals surface area contributed by atoms with Gasteiger partial charge in [0.1, 0.15) is 36.6 Å². The molecule has 0 aromatic heterocycles. The summed E-state index contributed by atoms with van der Waals surface area (Å²) in [4.78, 5) is 26.6. The van der Waals surface area contributed by atoms with Gasteiger partial charge in [-0.1, -0.05) is 5.11 Å². The van der Waals surface area contributed by atoms with E-state index in [-0.39, 0.29) is 19.7 Å². The van der Waals surface area contributed by atoms with E-state index in [1.807, 2.05) is 0 Å². The molecule has 2 aliphatic rings. The fourth-order valence-corrected chi connectivity index (χ4v) is 3.54. The number of methoxy groups -OCH3 is 1. The molecule has 2 amide bonds. The molecule has 15 heteroatoms. The number of amides is 2. The second kappa shape index (κ2) is 12.2. The zero-order chi connectivity index (χ0) is 23.8. The lowest BCUT2D eigenvalue weighted by molar-refractivity contribution is -0.322. The van der Waals surface area contributed by atoms with E-state index in [2.05, 4.69) is 20.7 Å². The number of ether oxygens (including phenoxy) is 4. The molecule has 0 radical (unpaired) electrons. The highest BCUT2D eigenvalue weighted by Crippen LogP contribution is 2.28. The van der Waals surface area contributed by atoms with Crippen LogP contribution in [-0.4, -0.2) is 121 Å². The SMILES string of the molecule is CO[C@@H]1C(C(=O)NCCN=[N+]=[N-])O[C@@H](O[C@@H]2C(NC(C)=O)COC(CO)[C@H]2O)C(O)[C@H]1O. The molecule has 0 bridgehead atoms. The predicted molar refractivity (Wildman–Crippen MR) is 104 cm³/mol. The van der Waals surface area contributed by atoms with Gasteiger partial charge in [-0.15, -0.1) is 0 Å². The molecule has 2 saturated heterocycles. The van der Waals surface area contributed by atoms with Gasteiger partial charge in [0.05, 0.1) is 19.3 Å². The van der Waals surface area contributed by atoms with Crippen molar-refractivity contribution in [2.45, 2.75) is 62.0 Å². The standard InChI is InChI=1S/C17H29N5O10/c1-7(24)21-8-6-30-9(5-23)10(25)13(8)31-17-12(27)11(26)14(29-2)15(32-17)16(28)19-3-4-20-22-18/h8-15,17,23,25-27H,3-6H2,1-2H3,(H,19,28)(H,21,24)/t8?,9?,10-,11-,12?,13-,14+,15?,17-/m1/s1. The Hall–Kier alpha value is -2.07. The minimum Gasteiger partial charge on any atom is -0.394 e. The third-order valence-electron chi connectivity index (χ3n) is 5.11. The molecule has 0 aromatic rings. The molecule has 0 spiro atoms. The molecule has 2 fully saturated rings. The Bertz CT molecular complexity index is 693. The molecule has 2 heterocycles. The average molecular weight is 463 g/mol. The van der Waals surface area contributed by atoms with Crippen LogP contribution in [0.15, 0.2) is 5.11 Å². The summed E-state index contributed by atoms with van der Waals surface area (Å²) in [6, 6.07) is -0.866. The van der Waals surface area contributed by atoms with E-state index in [0.29, 0.717) is 0 Å². The van der Waals surface area contributed by atoms with Crippen molar-refractivity contribution in [3.05, 3.63) is 10.4 Å². The Morgan fingerprint density at radius 3 is 2.53 bits per heavy atom. The van der Waals surface area contributed by atoms with Crippen molar-refractivity contribution in [3.63, 3.8) is 0 Å². The molecule has 182 valence electrons. The fraction of sp³-hybridized carbons (Fsp3) is 0.882. The lowest BCUT2D eigenvalue weighted by Gasteiger charge is -2.45. The topological polar surface area (TPSA) is 225 Å².